The van der Waals surface area contributed by atoms with Crippen molar-refractivity contribution in [3.63, 3.8) is 0 Å². The van der Waals surface area contributed by atoms with E-state index in [4.69, 9.17) is 16.1 Å². The minimum Gasteiger partial charge on any atom is -0.369 e. The van der Waals surface area contributed by atoms with Gasteiger partial charge in [-0.1, -0.05) is 43.6 Å². The van der Waals surface area contributed by atoms with E-state index in [0.717, 1.165) is 37.0 Å². The standard InChI is InChI=1S/C17H23ClN4O/c1-17(2,3)16-19-15(23-20-16)12-21-7-9-22(10-8-21)14-6-4-5-13(18)11-14/h4-6,11H,7-10,12H2,1-3H3. The fraction of sp³-hybridized carbons (Fsp3) is 0.529. The summed E-state index contributed by atoms with van der Waals surface area (Å²) in [5.74, 6) is 1.47. The molecule has 0 bridgehead atoms. The summed E-state index contributed by atoms with van der Waals surface area (Å²) in [7, 11) is 0. The van der Waals surface area contributed by atoms with Gasteiger partial charge in [-0.15, -0.1) is 0 Å². The Morgan fingerprint density at radius 2 is 1.91 bits per heavy atom. The molecule has 1 saturated heterocycles. The van der Waals surface area contributed by atoms with Gasteiger partial charge in [-0.05, 0) is 18.2 Å². The molecule has 0 atom stereocenters. The summed E-state index contributed by atoms with van der Waals surface area (Å²) in [6.45, 7) is 10.9. The maximum Gasteiger partial charge on any atom is 0.240 e. The van der Waals surface area contributed by atoms with Crippen LogP contribution in [-0.4, -0.2) is 41.2 Å². The third-order valence-electron chi connectivity index (χ3n) is 4.04. The Kier molecular flexibility index (Phi) is 4.60. The van der Waals surface area contributed by atoms with Crippen LogP contribution in [0.25, 0.3) is 0 Å². The van der Waals surface area contributed by atoms with Gasteiger partial charge in [0.15, 0.2) is 5.82 Å². The van der Waals surface area contributed by atoms with Crippen molar-refractivity contribution in [3.05, 3.63) is 41.0 Å². The highest BCUT2D eigenvalue weighted by molar-refractivity contribution is 6.30. The Morgan fingerprint density at radius 1 is 1.17 bits per heavy atom. The number of hydrogen-bond acceptors (Lipinski definition) is 5. The Hall–Kier alpha value is -1.59. The van der Waals surface area contributed by atoms with E-state index in [2.05, 4.69) is 46.8 Å². The van der Waals surface area contributed by atoms with Gasteiger partial charge >= 0.3 is 0 Å². The van der Waals surface area contributed by atoms with Crippen molar-refractivity contribution in [2.45, 2.75) is 32.7 Å². The lowest BCUT2D eigenvalue weighted by Crippen LogP contribution is -2.46. The lowest BCUT2D eigenvalue weighted by Gasteiger charge is -2.35. The summed E-state index contributed by atoms with van der Waals surface area (Å²) >= 11 is 6.07. The highest BCUT2D eigenvalue weighted by Gasteiger charge is 2.23. The molecule has 2 heterocycles. The third-order valence-corrected chi connectivity index (χ3v) is 4.28. The monoisotopic (exact) mass is 334 g/mol. The average molecular weight is 335 g/mol. The molecule has 1 fully saturated rings. The van der Waals surface area contributed by atoms with Gasteiger partial charge in [0, 0.05) is 42.3 Å². The van der Waals surface area contributed by atoms with Gasteiger partial charge in [0.2, 0.25) is 5.89 Å². The summed E-state index contributed by atoms with van der Waals surface area (Å²) in [5, 5.41) is 4.87. The maximum absolute atomic E-state index is 6.07. The molecule has 0 amide bonds. The molecular weight excluding hydrogens is 312 g/mol. The molecule has 3 rings (SSSR count). The van der Waals surface area contributed by atoms with Gasteiger partial charge in [-0.25, -0.2) is 0 Å². The molecule has 0 radical (unpaired) electrons. The number of anilines is 1. The fourth-order valence-corrected chi connectivity index (χ4v) is 2.84. The van der Waals surface area contributed by atoms with E-state index in [0.29, 0.717) is 12.4 Å². The predicted molar refractivity (Wildman–Crippen MR) is 91.9 cm³/mol. The Bertz CT molecular complexity index is 657. The summed E-state index contributed by atoms with van der Waals surface area (Å²) in [6, 6.07) is 8.03. The van der Waals surface area contributed by atoms with Crippen molar-refractivity contribution >= 4 is 17.3 Å². The number of halogens is 1. The van der Waals surface area contributed by atoms with Crippen LogP contribution in [0.4, 0.5) is 5.69 Å². The molecule has 1 aliphatic heterocycles. The van der Waals surface area contributed by atoms with E-state index in [-0.39, 0.29) is 5.41 Å². The van der Waals surface area contributed by atoms with Gasteiger partial charge < -0.3 is 9.42 Å². The van der Waals surface area contributed by atoms with Crippen LogP contribution in [0.1, 0.15) is 32.5 Å². The molecule has 2 aromatic rings. The Labute approximate surface area is 142 Å². The van der Waals surface area contributed by atoms with Crippen LogP contribution in [0.15, 0.2) is 28.8 Å². The molecule has 5 nitrogen and oxygen atoms in total. The molecule has 0 saturated carbocycles. The second kappa shape index (κ2) is 6.49. The van der Waals surface area contributed by atoms with Crippen molar-refractivity contribution in [1.29, 1.82) is 0 Å². The van der Waals surface area contributed by atoms with E-state index < -0.39 is 0 Å². The zero-order valence-electron chi connectivity index (χ0n) is 13.9. The molecular formula is C17H23ClN4O. The number of rotatable bonds is 3. The van der Waals surface area contributed by atoms with E-state index in [1.807, 2.05) is 18.2 Å². The Balaban J connectivity index is 1.56. The van der Waals surface area contributed by atoms with Gasteiger partial charge in [0.05, 0.1) is 6.54 Å². The minimum atomic E-state index is -0.0764. The van der Waals surface area contributed by atoms with E-state index in [9.17, 15) is 0 Å². The second-order valence-corrected chi connectivity index (χ2v) is 7.44. The zero-order chi connectivity index (χ0) is 16.4. The van der Waals surface area contributed by atoms with Crippen molar-refractivity contribution in [1.82, 2.24) is 15.0 Å². The summed E-state index contributed by atoms with van der Waals surface area (Å²) in [5.41, 5.74) is 1.11. The molecule has 23 heavy (non-hydrogen) atoms. The first-order valence-corrected chi connectivity index (χ1v) is 8.35. The Morgan fingerprint density at radius 3 is 2.52 bits per heavy atom. The van der Waals surface area contributed by atoms with Crippen LogP contribution in [0.5, 0.6) is 0 Å². The van der Waals surface area contributed by atoms with Crippen molar-refractivity contribution in [3.8, 4) is 0 Å². The van der Waals surface area contributed by atoms with Crippen molar-refractivity contribution < 1.29 is 4.52 Å². The molecule has 6 heteroatoms. The molecule has 0 aliphatic carbocycles. The summed E-state index contributed by atoms with van der Waals surface area (Å²) in [4.78, 5) is 9.22. The zero-order valence-corrected chi connectivity index (χ0v) is 14.7. The topological polar surface area (TPSA) is 45.4 Å². The van der Waals surface area contributed by atoms with Crippen LogP contribution in [0, 0.1) is 0 Å². The molecule has 124 valence electrons. The number of piperazine rings is 1. The van der Waals surface area contributed by atoms with Gasteiger partial charge in [0.25, 0.3) is 0 Å². The number of hydrogen-bond donors (Lipinski definition) is 0. The first kappa shape index (κ1) is 16.3. The molecule has 1 aromatic heterocycles. The SMILES string of the molecule is CC(C)(C)c1noc(CN2CCN(c3cccc(Cl)c3)CC2)n1. The van der Waals surface area contributed by atoms with Crippen LogP contribution in [-0.2, 0) is 12.0 Å². The minimum absolute atomic E-state index is 0.0764. The van der Waals surface area contributed by atoms with Gasteiger partial charge in [0.1, 0.15) is 0 Å². The molecule has 1 aromatic carbocycles. The summed E-state index contributed by atoms with van der Waals surface area (Å²) in [6.07, 6.45) is 0. The van der Waals surface area contributed by atoms with Gasteiger partial charge in [-0.2, -0.15) is 4.98 Å². The number of aromatic nitrogens is 2. The number of benzene rings is 1. The smallest absolute Gasteiger partial charge is 0.240 e. The first-order valence-electron chi connectivity index (χ1n) is 7.98. The number of nitrogens with zero attached hydrogens (tertiary/aromatic N) is 4. The largest absolute Gasteiger partial charge is 0.369 e. The van der Waals surface area contributed by atoms with Crippen molar-refractivity contribution in [2.24, 2.45) is 0 Å². The predicted octanol–water partition coefficient (Wildman–Crippen LogP) is 3.34. The quantitative estimate of drug-likeness (QED) is 0.861. The lowest BCUT2D eigenvalue weighted by atomic mass is 9.96. The van der Waals surface area contributed by atoms with Crippen LogP contribution in [0.3, 0.4) is 0 Å². The van der Waals surface area contributed by atoms with E-state index in [1.54, 1.807) is 0 Å². The highest BCUT2D eigenvalue weighted by atomic mass is 35.5. The normalized spacial score (nSPS) is 16.8. The summed E-state index contributed by atoms with van der Waals surface area (Å²) < 4.78 is 5.39. The highest BCUT2D eigenvalue weighted by Crippen LogP contribution is 2.22. The first-order chi connectivity index (χ1) is 10.9. The van der Waals surface area contributed by atoms with Crippen molar-refractivity contribution in [2.75, 3.05) is 31.1 Å². The van der Waals surface area contributed by atoms with Gasteiger partial charge in [-0.3, -0.25) is 4.90 Å². The van der Waals surface area contributed by atoms with Crippen LogP contribution in [0.2, 0.25) is 5.02 Å². The molecule has 1 aliphatic rings. The van der Waals surface area contributed by atoms with E-state index in [1.165, 1.54) is 5.69 Å². The lowest BCUT2D eigenvalue weighted by molar-refractivity contribution is 0.215. The van der Waals surface area contributed by atoms with Crippen LogP contribution >= 0.6 is 11.6 Å². The fourth-order valence-electron chi connectivity index (χ4n) is 2.65. The molecule has 0 spiro atoms. The maximum atomic E-state index is 6.07. The average Bonchev–Trinajstić information content (AvgIpc) is 2.97. The second-order valence-electron chi connectivity index (χ2n) is 7.00. The molecule has 0 N–H and O–H groups in total. The van der Waals surface area contributed by atoms with E-state index >= 15 is 0 Å². The molecule has 0 unspecified atom stereocenters. The van der Waals surface area contributed by atoms with Crippen LogP contribution < -0.4 is 4.90 Å². The third kappa shape index (κ3) is 4.03.